The lowest BCUT2D eigenvalue weighted by Crippen LogP contribution is -2.48. The summed E-state index contributed by atoms with van der Waals surface area (Å²) in [5, 5.41) is 0. The minimum Gasteiger partial charge on any atom is -0.342 e. The molecule has 1 saturated carbocycles. The van der Waals surface area contributed by atoms with Crippen molar-refractivity contribution in [3.05, 3.63) is 27.4 Å². The molecular formula is C22H35ClN4O2. The maximum absolute atomic E-state index is 13.0. The minimum absolute atomic E-state index is 0. The van der Waals surface area contributed by atoms with E-state index in [1.807, 2.05) is 4.90 Å². The van der Waals surface area contributed by atoms with Crippen LogP contribution in [0, 0.1) is 5.92 Å². The van der Waals surface area contributed by atoms with Gasteiger partial charge in [-0.05, 0) is 44.9 Å². The number of halogens is 1. The van der Waals surface area contributed by atoms with Crippen molar-refractivity contribution in [3.8, 4) is 0 Å². The van der Waals surface area contributed by atoms with Crippen molar-refractivity contribution in [2.24, 2.45) is 11.7 Å². The van der Waals surface area contributed by atoms with E-state index >= 15 is 0 Å². The van der Waals surface area contributed by atoms with Crippen LogP contribution in [0.4, 0.5) is 0 Å². The van der Waals surface area contributed by atoms with Crippen LogP contribution in [0.1, 0.15) is 82.8 Å². The van der Waals surface area contributed by atoms with E-state index < -0.39 is 0 Å². The molecule has 162 valence electrons. The zero-order valence-corrected chi connectivity index (χ0v) is 18.7. The summed E-state index contributed by atoms with van der Waals surface area (Å²) in [6.07, 6.45) is 7.49. The molecule has 3 N–H and O–H groups in total. The van der Waals surface area contributed by atoms with Gasteiger partial charge in [0, 0.05) is 41.4 Å². The molecule has 1 amide bonds. The van der Waals surface area contributed by atoms with Crippen LogP contribution >= 0.6 is 12.4 Å². The van der Waals surface area contributed by atoms with E-state index in [1.54, 1.807) is 0 Å². The molecule has 1 saturated heterocycles. The number of likely N-dealkylation sites (tertiary alicyclic amines) is 1. The predicted octanol–water partition coefficient (Wildman–Crippen LogP) is 2.81. The van der Waals surface area contributed by atoms with Crippen LogP contribution in [-0.2, 0) is 22.0 Å². The Bertz CT molecular complexity index is 821. The van der Waals surface area contributed by atoms with Crippen LogP contribution in [0.25, 0.3) is 0 Å². The summed E-state index contributed by atoms with van der Waals surface area (Å²) in [5.41, 5.74) is 7.77. The van der Waals surface area contributed by atoms with Gasteiger partial charge < -0.3 is 15.6 Å². The third-order valence-corrected chi connectivity index (χ3v) is 7.18. The number of carbonyl (C=O) groups is 1. The van der Waals surface area contributed by atoms with Gasteiger partial charge in [0.25, 0.3) is 5.56 Å². The van der Waals surface area contributed by atoms with E-state index in [1.165, 1.54) is 0 Å². The van der Waals surface area contributed by atoms with Gasteiger partial charge in [-0.3, -0.25) is 9.59 Å². The normalized spacial score (nSPS) is 26.1. The summed E-state index contributed by atoms with van der Waals surface area (Å²) < 4.78 is 0. The van der Waals surface area contributed by atoms with Crippen molar-refractivity contribution < 1.29 is 4.79 Å². The third-order valence-electron chi connectivity index (χ3n) is 7.18. The van der Waals surface area contributed by atoms with E-state index in [0.29, 0.717) is 0 Å². The van der Waals surface area contributed by atoms with Gasteiger partial charge in [-0.25, -0.2) is 4.98 Å². The molecule has 2 aliphatic carbocycles. The number of nitrogens with two attached hydrogens (primary N) is 1. The summed E-state index contributed by atoms with van der Waals surface area (Å²) in [4.78, 5) is 35.6. The summed E-state index contributed by atoms with van der Waals surface area (Å²) >= 11 is 0. The predicted molar refractivity (Wildman–Crippen MR) is 117 cm³/mol. The van der Waals surface area contributed by atoms with Crippen LogP contribution in [0.3, 0.4) is 0 Å². The monoisotopic (exact) mass is 422 g/mol. The topological polar surface area (TPSA) is 92.1 Å². The fourth-order valence-electron chi connectivity index (χ4n) is 5.36. The first kappa shape index (κ1) is 22.3. The minimum atomic E-state index is -0.186. The molecule has 29 heavy (non-hydrogen) atoms. The van der Waals surface area contributed by atoms with Crippen LogP contribution in [0.2, 0.25) is 0 Å². The number of H-pyrrole nitrogens is 1. The Morgan fingerprint density at radius 3 is 2.52 bits per heavy atom. The second kappa shape index (κ2) is 8.03. The maximum Gasteiger partial charge on any atom is 0.254 e. The molecule has 1 spiro atoms. The lowest BCUT2D eigenvalue weighted by atomic mass is 9.75. The highest BCUT2D eigenvalue weighted by Crippen LogP contribution is 2.45. The van der Waals surface area contributed by atoms with Gasteiger partial charge in [-0.15, -0.1) is 12.4 Å². The van der Waals surface area contributed by atoms with Crippen LogP contribution in [0.15, 0.2) is 4.79 Å². The summed E-state index contributed by atoms with van der Waals surface area (Å²) in [7, 11) is 0. The molecule has 1 aromatic rings. The Hall–Kier alpha value is -1.40. The molecule has 1 aliphatic heterocycles. The average Bonchev–Trinajstić information content (AvgIpc) is 3.00. The van der Waals surface area contributed by atoms with Gasteiger partial charge in [0.05, 0.1) is 5.69 Å². The first-order chi connectivity index (χ1) is 13.2. The molecule has 2 atom stereocenters. The lowest BCUT2D eigenvalue weighted by molar-refractivity contribution is -0.138. The number of nitrogens with one attached hydrogen (secondary N) is 1. The highest BCUT2D eigenvalue weighted by Gasteiger charge is 2.45. The molecule has 0 aromatic carbocycles. The molecule has 7 heteroatoms. The SMILES string of the molecule is CC(C)(C)c1nc2c(c(=O)[nH]1)CCC21CCN(C(=O)[C@@H]2CCC[C@H](N)C2)CC1.Cl. The number of aromatic nitrogens is 2. The van der Waals surface area contributed by atoms with Crippen molar-refractivity contribution in [3.63, 3.8) is 0 Å². The summed E-state index contributed by atoms with van der Waals surface area (Å²) in [6, 6.07) is 0.173. The fraction of sp³-hybridized carbons (Fsp3) is 0.773. The van der Waals surface area contributed by atoms with Gasteiger partial charge in [0.15, 0.2) is 0 Å². The molecule has 2 heterocycles. The zero-order valence-electron chi connectivity index (χ0n) is 17.9. The maximum atomic E-state index is 13.0. The fourth-order valence-corrected chi connectivity index (χ4v) is 5.36. The number of piperidine rings is 1. The van der Waals surface area contributed by atoms with Crippen LogP contribution in [-0.4, -0.2) is 39.9 Å². The van der Waals surface area contributed by atoms with Gasteiger partial charge in [-0.1, -0.05) is 27.2 Å². The molecule has 0 bridgehead atoms. The Morgan fingerprint density at radius 1 is 1.21 bits per heavy atom. The first-order valence-corrected chi connectivity index (χ1v) is 10.9. The van der Waals surface area contributed by atoms with Crippen molar-refractivity contribution in [1.29, 1.82) is 0 Å². The van der Waals surface area contributed by atoms with E-state index in [0.717, 1.165) is 81.5 Å². The molecule has 2 fully saturated rings. The first-order valence-electron chi connectivity index (χ1n) is 10.9. The van der Waals surface area contributed by atoms with E-state index in [2.05, 4.69) is 25.8 Å². The van der Waals surface area contributed by atoms with Gasteiger partial charge in [0.2, 0.25) is 5.91 Å². The number of carbonyl (C=O) groups excluding carboxylic acids is 1. The highest BCUT2D eigenvalue weighted by molar-refractivity contribution is 5.85. The Labute approximate surface area is 179 Å². The number of hydrogen-bond acceptors (Lipinski definition) is 4. The molecule has 0 radical (unpaired) electrons. The molecular weight excluding hydrogens is 388 g/mol. The summed E-state index contributed by atoms with van der Waals surface area (Å²) in [6.45, 7) is 7.77. The second-order valence-electron chi connectivity index (χ2n) is 10.2. The van der Waals surface area contributed by atoms with Gasteiger partial charge in [0.1, 0.15) is 5.82 Å². The van der Waals surface area contributed by atoms with Gasteiger partial charge >= 0.3 is 0 Å². The van der Waals surface area contributed by atoms with E-state index in [-0.39, 0.29) is 46.7 Å². The number of hydrogen-bond donors (Lipinski definition) is 2. The zero-order chi connectivity index (χ0) is 20.1. The average molecular weight is 423 g/mol. The molecule has 4 rings (SSSR count). The second-order valence-corrected chi connectivity index (χ2v) is 10.2. The number of nitrogens with zero attached hydrogens (tertiary/aromatic N) is 2. The summed E-state index contributed by atoms with van der Waals surface area (Å²) in [5.74, 6) is 1.16. The van der Waals surface area contributed by atoms with Gasteiger partial charge in [-0.2, -0.15) is 0 Å². The van der Waals surface area contributed by atoms with E-state index in [9.17, 15) is 9.59 Å². The van der Waals surface area contributed by atoms with Crippen molar-refractivity contribution >= 4 is 18.3 Å². The van der Waals surface area contributed by atoms with Crippen molar-refractivity contribution in [1.82, 2.24) is 14.9 Å². The molecule has 3 aliphatic rings. The number of amides is 1. The van der Waals surface area contributed by atoms with Crippen molar-refractivity contribution in [2.75, 3.05) is 13.1 Å². The van der Waals surface area contributed by atoms with Crippen molar-refractivity contribution in [2.45, 2.75) is 89.0 Å². The number of fused-ring (bicyclic) bond motifs is 2. The van der Waals surface area contributed by atoms with Crippen LogP contribution in [0.5, 0.6) is 0 Å². The molecule has 1 aromatic heterocycles. The number of rotatable bonds is 1. The standard InChI is InChI=1S/C22H34N4O2.ClH/c1-21(2,3)20-24-17-16(18(27)25-20)7-8-22(17)9-11-26(12-10-22)19(28)14-5-4-6-15(23)13-14;/h14-15H,4-13,23H2,1-3H3,(H,24,25,27);1H/t14-,15+;/m1./s1. The third kappa shape index (κ3) is 4.11. The largest absolute Gasteiger partial charge is 0.342 e. The Kier molecular flexibility index (Phi) is 6.17. The highest BCUT2D eigenvalue weighted by atomic mass is 35.5. The quantitative estimate of drug-likeness (QED) is 0.727. The molecule has 6 nitrogen and oxygen atoms in total. The smallest absolute Gasteiger partial charge is 0.254 e. The lowest BCUT2D eigenvalue weighted by Gasteiger charge is -2.41. The number of aromatic amines is 1. The van der Waals surface area contributed by atoms with Crippen LogP contribution < -0.4 is 11.3 Å². The Balaban J connectivity index is 0.00000240. The van der Waals surface area contributed by atoms with E-state index in [4.69, 9.17) is 10.7 Å². The molecule has 0 unspecified atom stereocenters. The Morgan fingerprint density at radius 2 is 1.90 bits per heavy atom.